The number of carbonyl (C=O) groups excluding carboxylic acids is 1. The average molecular weight is 330 g/mol. The Hall–Kier alpha value is -1.59. The number of rotatable bonds is 4. The Kier molecular flexibility index (Phi) is 3.76. The summed E-state index contributed by atoms with van der Waals surface area (Å²) in [6, 6.07) is 8.76. The van der Waals surface area contributed by atoms with Crippen molar-refractivity contribution in [1.29, 1.82) is 0 Å². The lowest BCUT2D eigenvalue weighted by Gasteiger charge is -2.17. The molecule has 4 rings (SSSR count). The van der Waals surface area contributed by atoms with Crippen LogP contribution in [-0.4, -0.2) is 10.5 Å². The second-order valence-corrected chi connectivity index (χ2v) is 7.75. The molecule has 3 nitrogen and oxygen atoms in total. The molecular formula is C17H18N2OS2. The summed E-state index contributed by atoms with van der Waals surface area (Å²) in [5, 5.41) is 7.23. The third-order valence-corrected chi connectivity index (χ3v) is 6.12. The fraction of sp³-hybridized carbons (Fsp3) is 0.353. The molecule has 0 aliphatic heterocycles. The summed E-state index contributed by atoms with van der Waals surface area (Å²) in [6.45, 7) is 0.611. The van der Waals surface area contributed by atoms with Gasteiger partial charge in [-0.25, -0.2) is 0 Å². The molecule has 1 saturated carbocycles. The smallest absolute Gasteiger partial charge is 0.268 e. The van der Waals surface area contributed by atoms with Gasteiger partial charge in [-0.3, -0.25) is 4.79 Å². The highest BCUT2D eigenvalue weighted by Gasteiger charge is 2.24. The van der Waals surface area contributed by atoms with Gasteiger partial charge in [-0.15, -0.1) is 22.7 Å². The van der Waals surface area contributed by atoms with Crippen LogP contribution in [0.15, 0.2) is 35.0 Å². The fourth-order valence-corrected chi connectivity index (χ4v) is 4.80. The topological polar surface area (TPSA) is 34.0 Å². The van der Waals surface area contributed by atoms with Gasteiger partial charge in [0.05, 0.1) is 16.8 Å². The predicted octanol–water partition coefficient (Wildman–Crippen LogP) is 4.81. The molecule has 1 N–H and O–H groups in total. The summed E-state index contributed by atoms with van der Waals surface area (Å²) in [5.74, 6) is 0.0451. The second kappa shape index (κ2) is 5.89. The molecule has 1 aliphatic carbocycles. The van der Waals surface area contributed by atoms with Crippen LogP contribution in [0.25, 0.3) is 10.2 Å². The van der Waals surface area contributed by atoms with Gasteiger partial charge in [0.1, 0.15) is 5.69 Å². The Morgan fingerprint density at radius 2 is 2.09 bits per heavy atom. The maximum Gasteiger partial charge on any atom is 0.268 e. The van der Waals surface area contributed by atoms with Crippen molar-refractivity contribution in [2.75, 3.05) is 0 Å². The molecule has 1 fully saturated rings. The van der Waals surface area contributed by atoms with Gasteiger partial charge in [0.25, 0.3) is 5.91 Å². The molecule has 0 spiro atoms. The molecule has 22 heavy (non-hydrogen) atoms. The maximum atomic E-state index is 12.7. The quantitative estimate of drug-likeness (QED) is 0.732. The molecule has 1 aliphatic rings. The second-order valence-electron chi connectivity index (χ2n) is 5.77. The van der Waals surface area contributed by atoms with E-state index in [4.69, 9.17) is 0 Å². The first-order chi connectivity index (χ1) is 10.8. The molecule has 0 saturated heterocycles. The lowest BCUT2D eigenvalue weighted by molar-refractivity contribution is 0.0940. The Bertz CT molecular complexity index is 779. The van der Waals surface area contributed by atoms with Crippen LogP contribution in [0.5, 0.6) is 0 Å². The van der Waals surface area contributed by atoms with E-state index >= 15 is 0 Å². The molecule has 5 heteroatoms. The minimum Gasteiger partial charge on any atom is -0.346 e. The summed E-state index contributed by atoms with van der Waals surface area (Å²) in [6.07, 6.45) is 4.91. The summed E-state index contributed by atoms with van der Waals surface area (Å²) < 4.78 is 3.50. The van der Waals surface area contributed by atoms with E-state index in [-0.39, 0.29) is 5.91 Å². The van der Waals surface area contributed by atoms with Gasteiger partial charge in [0.2, 0.25) is 0 Å². The molecule has 114 valence electrons. The molecular weight excluding hydrogens is 312 g/mol. The van der Waals surface area contributed by atoms with Crippen molar-refractivity contribution in [3.05, 3.63) is 45.6 Å². The Morgan fingerprint density at radius 3 is 2.86 bits per heavy atom. The standard InChI is InChI=1S/C17H18N2OS2/c20-17(18-11-13-6-3-8-21-13)15-10-16-14(7-9-22-16)19(15)12-4-1-2-5-12/h3,6-10,12H,1-2,4-5,11H2,(H,18,20). The van der Waals surface area contributed by atoms with Crippen LogP contribution in [0.3, 0.4) is 0 Å². The molecule has 3 heterocycles. The number of hydrogen-bond acceptors (Lipinski definition) is 3. The van der Waals surface area contributed by atoms with E-state index in [9.17, 15) is 4.79 Å². The van der Waals surface area contributed by atoms with E-state index < -0.39 is 0 Å². The van der Waals surface area contributed by atoms with Gasteiger partial charge in [-0.05, 0) is 41.8 Å². The van der Waals surface area contributed by atoms with E-state index in [0.717, 1.165) is 5.69 Å². The molecule has 0 unspecified atom stereocenters. The van der Waals surface area contributed by atoms with Crippen LogP contribution in [0.2, 0.25) is 0 Å². The summed E-state index contributed by atoms with van der Waals surface area (Å²) in [5.41, 5.74) is 2.04. The molecule has 0 bridgehead atoms. The van der Waals surface area contributed by atoms with Gasteiger partial charge < -0.3 is 9.88 Å². The van der Waals surface area contributed by atoms with Crippen molar-refractivity contribution in [3.63, 3.8) is 0 Å². The summed E-state index contributed by atoms with van der Waals surface area (Å²) in [4.78, 5) is 13.9. The molecule has 3 aromatic rings. The minimum absolute atomic E-state index is 0.0451. The maximum absolute atomic E-state index is 12.7. The highest BCUT2D eigenvalue weighted by Crippen LogP contribution is 2.36. The number of amides is 1. The zero-order chi connectivity index (χ0) is 14.9. The van der Waals surface area contributed by atoms with Crippen molar-refractivity contribution in [2.45, 2.75) is 38.3 Å². The normalized spacial score (nSPS) is 15.6. The number of aromatic nitrogens is 1. The van der Waals surface area contributed by atoms with E-state index in [1.165, 1.54) is 40.8 Å². The molecule has 0 aromatic carbocycles. The van der Waals surface area contributed by atoms with Crippen LogP contribution in [0, 0.1) is 0 Å². The van der Waals surface area contributed by atoms with Crippen molar-refractivity contribution < 1.29 is 4.79 Å². The number of carbonyl (C=O) groups is 1. The van der Waals surface area contributed by atoms with Gasteiger partial charge in [0.15, 0.2) is 0 Å². The molecule has 0 atom stereocenters. The summed E-state index contributed by atoms with van der Waals surface area (Å²) in [7, 11) is 0. The van der Waals surface area contributed by atoms with E-state index in [0.29, 0.717) is 12.6 Å². The van der Waals surface area contributed by atoms with Crippen molar-refractivity contribution >= 4 is 38.8 Å². The first-order valence-electron chi connectivity index (χ1n) is 7.72. The van der Waals surface area contributed by atoms with Gasteiger partial charge in [-0.2, -0.15) is 0 Å². The van der Waals surface area contributed by atoms with Crippen LogP contribution >= 0.6 is 22.7 Å². The van der Waals surface area contributed by atoms with E-state index in [1.54, 1.807) is 22.7 Å². The first kappa shape index (κ1) is 14.0. The Labute approximate surface area is 137 Å². The van der Waals surface area contributed by atoms with Crippen LogP contribution < -0.4 is 5.32 Å². The lowest BCUT2D eigenvalue weighted by Crippen LogP contribution is -2.26. The minimum atomic E-state index is 0.0451. The van der Waals surface area contributed by atoms with Crippen LogP contribution in [0.1, 0.15) is 47.1 Å². The third kappa shape index (κ3) is 2.48. The zero-order valence-corrected chi connectivity index (χ0v) is 13.9. The molecule has 3 aromatic heterocycles. The van der Waals surface area contributed by atoms with E-state index in [1.807, 2.05) is 11.4 Å². The first-order valence-corrected chi connectivity index (χ1v) is 9.48. The zero-order valence-electron chi connectivity index (χ0n) is 12.2. The largest absolute Gasteiger partial charge is 0.346 e. The van der Waals surface area contributed by atoms with E-state index in [2.05, 4.69) is 33.5 Å². The predicted molar refractivity (Wildman–Crippen MR) is 92.8 cm³/mol. The highest BCUT2D eigenvalue weighted by molar-refractivity contribution is 7.17. The summed E-state index contributed by atoms with van der Waals surface area (Å²) >= 11 is 3.39. The monoisotopic (exact) mass is 330 g/mol. The fourth-order valence-electron chi connectivity index (χ4n) is 3.35. The number of nitrogens with one attached hydrogen (secondary N) is 1. The molecule has 1 amide bonds. The lowest BCUT2D eigenvalue weighted by atomic mass is 10.2. The number of hydrogen-bond donors (Lipinski definition) is 1. The van der Waals surface area contributed by atoms with Gasteiger partial charge in [0, 0.05) is 10.9 Å². The van der Waals surface area contributed by atoms with Crippen molar-refractivity contribution in [3.8, 4) is 0 Å². The van der Waals surface area contributed by atoms with Crippen LogP contribution in [0.4, 0.5) is 0 Å². The Balaban J connectivity index is 1.63. The average Bonchev–Trinajstić information content (AvgIpc) is 3.26. The number of nitrogens with zero attached hydrogens (tertiary/aromatic N) is 1. The third-order valence-electron chi connectivity index (χ3n) is 4.39. The number of fused-ring (bicyclic) bond motifs is 1. The van der Waals surface area contributed by atoms with Crippen LogP contribution in [-0.2, 0) is 6.54 Å². The van der Waals surface area contributed by atoms with Crippen molar-refractivity contribution in [1.82, 2.24) is 9.88 Å². The van der Waals surface area contributed by atoms with Gasteiger partial charge in [-0.1, -0.05) is 18.9 Å². The highest BCUT2D eigenvalue weighted by atomic mass is 32.1. The van der Waals surface area contributed by atoms with Crippen molar-refractivity contribution in [2.24, 2.45) is 0 Å². The van der Waals surface area contributed by atoms with Gasteiger partial charge >= 0.3 is 0 Å². The molecule has 0 radical (unpaired) electrons. The Morgan fingerprint density at radius 1 is 1.23 bits per heavy atom. The SMILES string of the molecule is O=C(NCc1cccs1)c1cc2sccc2n1C1CCCC1. The number of thiophene rings is 2.